The molecule has 1 fully saturated rings. The second kappa shape index (κ2) is 3.86. The third-order valence-electron chi connectivity index (χ3n) is 3.83. The van der Waals surface area contributed by atoms with Crippen LogP contribution in [0.5, 0.6) is 0 Å². The van der Waals surface area contributed by atoms with Crippen molar-refractivity contribution >= 4 is 6.08 Å². The zero-order chi connectivity index (χ0) is 10.8. The van der Waals surface area contributed by atoms with Gasteiger partial charge in [-0.15, -0.1) is 0 Å². The lowest BCUT2D eigenvalue weighted by Crippen LogP contribution is -2.39. The Morgan fingerprint density at radius 1 is 1.43 bits per heavy atom. The maximum absolute atomic E-state index is 10.2. The fraction of sp³-hybridized carbons (Fsp3) is 0.917. The van der Waals surface area contributed by atoms with Gasteiger partial charge in [0.25, 0.3) is 0 Å². The monoisotopic (exact) mass is 195 g/mol. The summed E-state index contributed by atoms with van der Waals surface area (Å²) in [7, 11) is 0. The highest BCUT2D eigenvalue weighted by Gasteiger charge is 2.41. The van der Waals surface area contributed by atoms with Crippen LogP contribution in [0.1, 0.15) is 47.0 Å². The molecular formula is C12H21NO. The van der Waals surface area contributed by atoms with Crippen LogP contribution in [0.15, 0.2) is 4.99 Å². The van der Waals surface area contributed by atoms with Crippen LogP contribution in [0.4, 0.5) is 0 Å². The highest BCUT2D eigenvalue weighted by molar-refractivity contribution is 5.33. The zero-order valence-corrected chi connectivity index (χ0v) is 9.76. The van der Waals surface area contributed by atoms with Crippen LogP contribution in [0.25, 0.3) is 0 Å². The fourth-order valence-corrected chi connectivity index (χ4v) is 2.74. The van der Waals surface area contributed by atoms with Crippen molar-refractivity contribution in [1.29, 1.82) is 0 Å². The Labute approximate surface area is 86.8 Å². The predicted molar refractivity (Wildman–Crippen MR) is 57.9 cm³/mol. The number of isocyanates is 1. The van der Waals surface area contributed by atoms with Crippen molar-refractivity contribution < 1.29 is 4.79 Å². The average molecular weight is 195 g/mol. The minimum absolute atomic E-state index is 0.194. The van der Waals surface area contributed by atoms with E-state index in [1.54, 1.807) is 6.08 Å². The maximum Gasteiger partial charge on any atom is 0.234 e. The summed E-state index contributed by atoms with van der Waals surface area (Å²) in [6, 6.07) is 0. The minimum atomic E-state index is 0.194. The molecule has 1 saturated carbocycles. The van der Waals surface area contributed by atoms with E-state index in [1.165, 1.54) is 12.8 Å². The highest BCUT2D eigenvalue weighted by Crippen LogP contribution is 2.49. The number of hydrogen-bond acceptors (Lipinski definition) is 2. The summed E-state index contributed by atoms with van der Waals surface area (Å²) < 4.78 is 0. The lowest BCUT2D eigenvalue weighted by atomic mass is 9.59. The summed E-state index contributed by atoms with van der Waals surface area (Å²) in [6.45, 7) is 9.78. The first kappa shape index (κ1) is 11.5. The van der Waals surface area contributed by atoms with Gasteiger partial charge in [-0.25, -0.2) is 9.79 Å². The summed E-state index contributed by atoms with van der Waals surface area (Å²) in [5, 5.41) is 0. The molecule has 0 spiro atoms. The molecule has 2 nitrogen and oxygen atoms in total. The molecule has 14 heavy (non-hydrogen) atoms. The van der Waals surface area contributed by atoms with Crippen molar-refractivity contribution in [3.8, 4) is 0 Å². The highest BCUT2D eigenvalue weighted by atomic mass is 16.1. The molecule has 0 heterocycles. The molecule has 0 aromatic rings. The number of aliphatic imine (C=N–C) groups is 1. The Kier molecular flexibility index (Phi) is 3.16. The SMILES string of the molecule is CC1CCC(C)(C)CC1(C)CN=C=O. The molecule has 1 aliphatic carbocycles. The Bertz CT molecular complexity index is 253. The van der Waals surface area contributed by atoms with Gasteiger partial charge in [0.15, 0.2) is 0 Å². The van der Waals surface area contributed by atoms with Gasteiger partial charge in [0.05, 0.1) is 6.54 Å². The van der Waals surface area contributed by atoms with Gasteiger partial charge in [-0.1, -0.05) is 27.7 Å². The molecule has 0 amide bonds. The number of nitrogens with zero attached hydrogens (tertiary/aromatic N) is 1. The van der Waals surface area contributed by atoms with E-state index in [9.17, 15) is 4.79 Å². The van der Waals surface area contributed by atoms with Gasteiger partial charge in [0.2, 0.25) is 6.08 Å². The van der Waals surface area contributed by atoms with E-state index in [1.807, 2.05) is 0 Å². The Balaban J connectivity index is 2.77. The average Bonchev–Trinajstić information content (AvgIpc) is 2.08. The lowest BCUT2D eigenvalue weighted by Gasteiger charge is -2.46. The largest absolute Gasteiger partial charge is 0.234 e. The summed E-state index contributed by atoms with van der Waals surface area (Å²) in [4.78, 5) is 13.9. The summed E-state index contributed by atoms with van der Waals surface area (Å²) >= 11 is 0. The third kappa shape index (κ3) is 2.45. The fourth-order valence-electron chi connectivity index (χ4n) is 2.74. The van der Waals surface area contributed by atoms with Crippen molar-refractivity contribution in [2.24, 2.45) is 21.7 Å². The van der Waals surface area contributed by atoms with Gasteiger partial charge in [-0.2, -0.15) is 0 Å². The molecule has 0 N–H and O–H groups in total. The van der Waals surface area contributed by atoms with Crippen LogP contribution >= 0.6 is 0 Å². The van der Waals surface area contributed by atoms with Crippen molar-refractivity contribution in [1.82, 2.24) is 0 Å². The number of rotatable bonds is 2. The van der Waals surface area contributed by atoms with Crippen molar-refractivity contribution in [3.05, 3.63) is 0 Å². The van der Waals surface area contributed by atoms with E-state index in [2.05, 4.69) is 32.7 Å². The zero-order valence-electron chi connectivity index (χ0n) is 9.76. The molecule has 0 aromatic carbocycles. The van der Waals surface area contributed by atoms with E-state index < -0.39 is 0 Å². The second-order valence-electron chi connectivity index (χ2n) is 5.84. The topological polar surface area (TPSA) is 29.4 Å². The molecular weight excluding hydrogens is 174 g/mol. The molecule has 0 radical (unpaired) electrons. The van der Waals surface area contributed by atoms with Gasteiger partial charge in [-0.3, -0.25) is 0 Å². The lowest BCUT2D eigenvalue weighted by molar-refractivity contribution is 0.0508. The van der Waals surface area contributed by atoms with Crippen molar-refractivity contribution in [3.63, 3.8) is 0 Å². The normalized spacial score (nSPS) is 36.1. The maximum atomic E-state index is 10.2. The van der Waals surface area contributed by atoms with Gasteiger partial charge in [0.1, 0.15) is 0 Å². The van der Waals surface area contributed by atoms with Crippen LogP contribution in [-0.2, 0) is 4.79 Å². The van der Waals surface area contributed by atoms with E-state index in [0.29, 0.717) is 17.9 Å². The molecule has 0 saturated heterocycles. The van der Waals surface area contributed by atoms with E-state index >= 15 is 0 Å². The van der Waals surface area contributed by atoms with Gasteiger partial charge >= 0.3 is 0 Å². The van der Waals surface area contributed by atoms with Crippen LogP contribution in [0.2, 0.25) is 0 Å². The van der Waals surface area contributed by atoms with E-state index in [4.69, 9.17) is 0 Å². The van der Waals surface area contributed by atoms with Crippen molar-refractivity contribution in [2.75, 3.05) is 6.54 Å². The molecule has 0 bridgehead atoms. The third-order valence-corrected chi connectivity index (χ3v) is 3.83. The predicted octanol–water partition coefficient (Wildman–Crippen LogP) is 3.17. The van der Waals surface area contributed by atoms with Gasteiger partial charge < -0.3 is 0 Å². The summed E-state index contributed by atoms with van der Waals surface area (Å²) in [6.07, 6.45) is 5.36. The first-order valence-electron chi connectivity index (χ1n) is 5.43. The summed E-state index contributed by atoms with van der Waals surface area (Å²) in [5.74, 6) is 0.660. The Morgan fingerprint density at radius 2 is 2.07 bits per heavy atom. The molecule has 1 aliphatic rings. The molecule has 80 valence electrons. The summed E-state index contributed by atoms with van der Waals surface area (Å²) in [5.41, 5.74) is 0.596. The molecule has 0 aromatic heterocycles. The standard InChI is InChI=1S/C12H21NO/c1-10-5-6-11(2,3)7-12(10,4)8-13-9-14/h10H,5-8H2,1-4H3. The van der Waals surface area contributed by atoms with Crippen LogP contribution in [0.3, 0.4) is 0 Å². The smallest absolute Gasteiger partial charge is 0.211 e. The molecule has 2 unspecified atom stereocenters. The molecule has 2 atom stereocenters. The number of hydrogen-bond donors (Lipinski definition) is 0. The molecule has 0 aliphatic heterocycles. The minimum Gasteiger partial charge on any atom is -0.211 e. The first-order valence-corrected chi connectivity index (χ1v) is 5.43. The quantitative estimate of drug-likeness (QED) is 0.491. The van der Waals surface area contributed by atoms with Crippen molar-refractivity contribution in [2.45, 2.75) is 47.0 Å². The molecule has 2 heteroatoms. The number of carbonyl (C=O) groups excluding carboxylic acids is 1. The first-order chi connectivity index (χ1) is 6.40. The van der Waals surface area contributed by atoms with E-state index in [-0.39, 0.29) is 5.41 Å². The van der Waals surface area contributed by atoms with Gasteiger partial charge in [-0.05, 0) is 36.0 Å². The Morgan fingerprint density at radius 3 is 2.64 bits per heavy atom. The van der Waals surface area contributed by atoms with Gasteiger partial charge in [0, 0.05) is 0 Å². The molecule has 1 rings (SSSR count). The van der Waals surface area contributed by atoms with Crippen LogP contribution in [0, 0.1) is 16.7 Å². The van der Waals surface area contributed by atoms with Crippen LogP contribution < -0.4 is 0 Å². The second-order valence-corrected chi connectivity index (χ2v) is 5.84. The van der Waals surface area contributed by atoms with Crippen LogP contribution in [-0.4, -0.2) is 12.6 Å². The van der Waals surface area contributed by atoms with E-state index in [0.717, 1.165) is 6.42 Å². The Hall–Kier alpha value is -0.620.